The average molecular weight is 507 g/mol. The summed E-state index contributed by atoms with van der Waals surface area (Å²) >= 11 is 0. The molecule has 1 amide bonds. The third-order valence-electron chi connectivity index (χ3n) is 6.44. The number of Topliss-reactive ketones (excluding diaryl/α,β-unsaturated/α-hetero) is 1. The first-order valence-corrected chi connectivity index (χ1v) is 12.4. The molecule has 0 fully saturated rings. The number of fused-ring (bicyclic) bond motifs is 1. The predicted molar refractivity (Wildman–Crippen MR) is 141 cm³/mol. The van der Waals surface area contributed by atoms with E-state index in [0.29, 0.717) is 48.3 Å². The monoisotopic (exact) mass is 506 g/mol. The molecule has 1 aliphatic rings. The summed E-state index contributed by atoms with van der Waals surface area (Å²) in [5.41, 5.74) is 1.17. The molecule has 1 atom stereocenters. The summed E-state index contributed by atoms with van der Waals surface area (Å²) in [6.45, 7) is 5.66. The van der Waals surface area contributed by atoms with E-state index < -0.39 is 23.5 Å². The van der Waals surface area contributed by atoms with Gasteiger partial charge in [0.05, 0.1) is 25.3 Å². The summed E-state index contributed by atoms with van der Waals surface area (Å²) < 4.78 is 17.3. The lowest BCUT2D eigenvalue weighted by Crippen LogP contribution is -2.36. The number of methoxy groups -OCH3 is 1. The topological polar surface area (TPSA) is 92.5 Å². The van der Waals surface area contributed by atoms with E-state index >= 15 is 0 Å². The molecule has 8 heteroatoms. The van der Waals surface area contributed by atoms with Crippen molar-refractivity contribution in [3.05, 3.63) is 71.2 Å². The highest BCUT2D eigenvalue weighted by Gasteiger charge is 2.44. The number of carbonyl (C=O) groups is 2. The molecule has 2 heterocycles. The Morgan fingerprint density at radius 1 is 1.14 bits per heavy atom. The zero-order valence-corrected chi connectivity index (χ0v) is 22.0. The van der Waals surface area contributed by atoms with Gasteiger partial charge in [-0.2, -0.15) is 0 Å². The maximum atomic E-state index is 13.7. The van der Waals surface area contributed by atoms with Crippen LogP contribution in [0.3, 0.4) is 0 Å². The molecule has 37 heavy (non-hydrogen) atoms. The number of aliphatic hydroxyl groups is 1. The number of aliphatic hydroxyl groups excluding tert-OH is 1. The lowest BCUT2D eigenvalue weighted by atomic mass is 9.94. The molecule has 1 unspecified atom stereocenters. The number of para-hydroxylation sites is 1. The molecule has 0 bridgehead atoms. The van der Waals surface area contributed by atoms with Crippen molar-refractivity contribution in [2.75, 3.05) is 40.9 Å². The highest BCUT2D eigenvalue weighted by Crippen LogP contribution is 2.42. The minimum atomic E-state index is -0.813. The smallest absolute Gasteiger partial charge is 0.290 e. The van der Waals surface area contributed by atoms with Gasteiger partial charge in [-0.1, -0.05) is 38.1 Å². The van der Waals surface area contributed by atoms with Gasteiger partial charge in [0.15, 0.2) is 23.0 Å². The van der Waals surface area contributed by atoms with Crippen LogP contribution in [0, 0.1) is 5.92 Å². The predicted octanol–water partition coefficient (Wildman–Crippen LogP) is 5.01. The van der Waals surface area contributed by atoms with Gasteiger partial charge >= 0.3 is 0 Å². The van der Waals surface area contributed by atoms with E-state index in [4.69, 9.17) is 13.9 Å². The standard InChI is InChI=1S/C29H34N2O6/c1-18(2)12-15-36-22-11-10-20(17-23(22)35-5)26-25(28(33)29(34)31(26)14-13-30(3)4)27(32)24-16-19-8-6-7-9-21(19)37-24/h6-11,16-18,26,33H,12-15H2,1-5H3. The Morgan fingerprint density at radius 3 is 2.57 bits per heavy atom. The van der Waals surface area contributed by atoms with Crippen LogP contribution in [0.1, 0.15) is 42.4 Å². The van der Waals surface area contributed by atoms with Crippen LogP contribution in [-0.4, -0.2) is 67.5 Å². The van der Waals surface area contributed by atoms with Crippen molar-refractivity contribution < 1.29 is 28.6 Å². The maximum Gasteiger partial charge on any atom is 0.290 e. The normalized spacial score (nSPS) is 15.9. The van der Waals surface area contributed by atoms with Crippen LogP contribution in [0.15, 0.2) is 64.3 Å². The lowest BCUT2D eigenvalue weighted by molar-refractivity contribution is -0.129. The Morgan fingerprint density at radius 2 is 1.89 bits per heavy atom. The van der Waals surface area contributed by atoms with Crippen molar-refractivity contribution in [3.63, 3.8) is 0 Å². The Kier molecular flexibility index (Phi) is 7.88. The van der Waals surface area contributed by atoms with Crippen LogP contribution >= 0.6 is 0 Å². The van der Waals surface area contributed by atoms with E-state index in [-0.39, 0.29) is 11.3 Å². The molecule has 1 aliphatic heterocycles. The largest absolute Gasteiger partial charge is 0.503 e. The Hall–Kier alpha value is -3.78. The average Bonchev–Trinajstić information content (AvgIpc) is 3.41. The van der Waals surface area contributed by atoms with E-state index in [9.17, 15) is 14.7 Å². The number of ether oxygens (including phenoxy) is 2. The fraction of sp³-hybridized carbons (Fsp3) is 0.379. The van der Waals surface area contributed by atoms with Gasteiger partial charge in [0.1, 0.15) is 5.58 Å². The van der Waals surface area contributed by atoms with E-state index in [0.717, 1.165) is 11.8 Å². The fourth-order valence-corrected chi connectivity index (χ4v) is 4.38. The molecule has 1 aromatic heterocycles. The van der Waals surface area contributed by atoms with Crippen molar-refractivity contribution >= 4 is 22.7 Å². The summed E-state index contributed by atoms with van der Waals surface area (Å²) in [5.74, 6) is -0.0585. The first kappa shape index (κ1) is 26.3. The second-order valence-corrected chi connectivity index (χ2v) is 9.89. The van der Waals surface area contributed by atoms with Gasteiger partial charge < -0.3 is 28.8 Å². The summed E-state index contributed by atoms with van der Waals surface area (Å²) in [6, 6.07) is 13.4. The Balaban J connectivity index is 1.74. The van der Waals surface area contributed by atoms with Gasteiger partial charge in [-0.25, -0.2) is 0 Å². The number of hydrogen-bond donors (Lipinski definition) is 1. The number of carbonyl (C=O) groups excluding carboxylic acids is 2. The minimum absolute atomic E-state index is 0.0154. The number of ketones is 1. The van der Waals surface area contributed by atoms with Gasteiger partial charge in [-0.3, -0.25) is 9.59 Å². The van der Waals surface area contributed by atoms with Gasteiger partial charge in [0, 0.05) is 18.5 Å². The molecule has 196 valence electrons. The molecule has 3 aromatic rings. The van der Waals surface area contributed by atoms with E-state index in [1.165, 1.54) is 4.90 Å². The van der Waals surface area contributed by atoms with Gasteiger partial charge in [0.25, 0.3) is 5.91 Å². The van der Waals surface area contributed by atoms with E-state index in [1.807, 2.05) is 37.2 Å². The van der Waals surface area contributed by atoms with Crippen molar-refractivity contribution in [2.45, 2.75) is 26.3 Å². The van der Waals surface area contributed by atoms with Crippen LogP contribution in [0.2, 0.25) is 0 Å². The van der Waals surface area contributed by atoms with Crippen molar-refractivity contribution in [1.29, 1.82) is 0 Å². The molecule has 4 rings (SSSR count). The third kappa shape index (κ3) is 5.49. The summed E-state index contributed by atoms with van der Waals surface area (Å²) in [7, 11) is 5.34. The quantitative estimate of drug-likeness (QED) is 0.366. The second kappa shape index (κ2) is 11.1. The second-order valence-electron chi connectivity index (χ2n) is 9.89. The number of amides is 1. The van der Waals surface area contributed by atoms with Crippen LogP contribution in [0.4, 0.5) is 0 Å². The number of nitrogens with zero attached hydrogens (tertiary/aromatic N) is 2. The molecule has 0 saturated heterocycles. The molecule has 0 spiro atoms. The third-order valence-corrected chi connectivity index (χ3v) is 6.44. The minimum Gasteiger partial charge on any atom is -0.503 e. The SMILES string of the molecule is COc1cc(C2C(C(=O)c3cc4ccccc4o3)=C(O)C(=O)N2CCN(C)C)ccc1OCCC(C)C. The van der Waals surface area contributed by atoms with Gasteiger partial charge in [0.2, 0.25) is 5.78 Å². The first-order chi connectivity index (χ1) is 17.7. The number of hydrogen-bond acceptors (Lipinski definition) is 7. The summed E-state index contributed by atoms with van der Waals surface area (Å²) in [4.78, 5) is 30.4. The van der Waals surface area contributed by atoms with Crippen LogP contribution < -0.4 is 9.47 Å². The molecule has 0 radical (unpaired) electrons. The van der Waals surface area contributed by atoms with Crippen LogP contribution in [-0.2, 0) is 4.79 Å². The maximum absolute atomic E-state index is 13.7. The van der Waals surface area contributed by atoms with Crippen molar-refractivity contribution in [3.8, 4) is 11.5 Å². The number of likely N-dealkylation sites (N-methyl/N-ethyl adjacent to an activating group) is 1. The highest BCUT2D eigenvalue weighted by atomic mass is 16.5. The molecule has 8 nitrogen and oxygen atoms in total. The molecule has 2 aromatic carbocycles. The number of benzene rings is 2. The Labute approximate surface area is 217 Å². The van der Waals surface area contributed by atoms with E-state index in [1.54, 1.807) is 37.4 Å². The number of rotatable bonds is 11. The van der Waals surface area contributed by atoms with Gasteiger partial charge in [-0.05, 0) is 56.3 Å². The highest BCUT2D eigenvalue weighted by molar-refractivity contribution is 6.16. The lowest BCUT2D eigenvalue weighted by Gasteiger charge is -2.28. The van der Waals surface area contributed by atoms with Crippen LogP contribution in [0.25, 0.3) is 11.0 Å². The van der Waals surface area contributed by atoms with Crippen LogP contribution in [0.5, 0.6) is 11.5 Å². The summed E-state index contributed by atoms with van der Waals surface area (Å²) in [5, 5.41) is 11.7. The van der Waals surface area contributed by atoms with E-state index in [2.05, 4.69) is 13.8 Å². The number of furan rings is 1. The fourth-order valence-electron chi connectivity index (χ4n) is 4.38. The van der Waals surface area contributed by atoms with Crippen molar-refractivity contribution in [1.82, 2.24) is 9.80 Å². The zero-order valence-electron chi connectivity index (χ0n) is 22.0. The molecular weight excluding hydrogens is 472 g/mol. The molecule has 0 aliphatic carbocycles. The molecule has 0 saturated carbocycles. The molecular formula is C29H34N2O6. The first-order valence-electron chi connectivity index (χ1n) is 12.4. The zero-order chi connectivity index (χ0) is 26.7. The summed E-state index contributed by atoms with van der Waals surface area (Å²) in [6.07, 6.45) is 0.896. The molecule has 1 N–H and O–H groups in total. The van der Waals surface area contributed by atoms with Crippen molar-refractivity contribution in [2.24, 2.45) is 5.92 Å². The Bertz CT molecular complexity index is 1290. The van der Waals surface area contributed by atoms with Gasteiger partial charge in [-0.15, -0.1) is 0 Å².